The summed E-state index contributed by atoms with van der Waals surface area (Å²) in [4.78, 5) is 10.4. The standard InChI is InChI=1S/C12H19N3O3/c1-15(9-10-3-2-5-17-10)11-7-13-8-12(14-11)18-6-4-16/h7-8,10,16H,2-6,9H2,1H3/t10-/m0/s1. The first-order valence-electron chi connectivity index (χ1n) is 6.18. The fourth-order valence-electron chi connectivity index (χ4n) is 1.93. The van der Waals surface area contributed by atoms with Gasteiger partial charge in [-0.3, -0.25) is 4.98 Å². The van der Waals surface area contributed by atoms with E-state index < -0.39 is 0 Å². The Morgan fingerprint density at radius 2 is 2.44 bits per heavy atom. The highest BCUT2D eigenvalue weighted by Gasteiger charge is 2.18. The van der Waals surface area contributed by atoms with Gasteiger partial charge < -0.3 is 19.5 Å². The monoisotopic (exact) mass is 253 g/mol. The maximum absolute atomic E-state index is 8.70. The SMILES string of the molecule is CN(C[C@@H]1CCCO1)c1cncc(OCCO)n1. The van der Waals surface area contributed by atoms with Crippen molar-refractivity contribution in [2.24, 2.45) is 0 Å². The van der Waals surface area contributed by atoms with Gasteiger partial charge in [0.25, 0.3) is 0 Å². The number of likely N-dealkylation sites (N-methyl/N-ethyl adjacent to an activating group) is 1. The van der Waals surface area contributed by atoms with E-state index in [0.717, 1.165) is 31.8 Å². The molecule has 0 radical (unpaired) electrons. The van der Waals surface area contributed by atoms with Crippen molar-refractivity contribution in [1.82, 2.24) is 9.97 Å². The molecule has 6 nitrogen and oxygen atoms in total. The van der Waals surface area contributed by atoms with Crippen molar-refractivity contribution < 1.29 is 14.6 Å². The van der Waals surface area contributed by atoms with Gasteiger partial charge in [-0.15, -0.1) is 0 Å². The lowest BCUT2D eigenvalue weighted by Gasteiger charge is -2.21. The molecule has 6 heteroatoms. The lowest BCUT2D eigenvalue weighted by atomic mass is 10.2. The number of hydrogen-bond acceptors (Lipinski definition) is 6. The van der Waals surface area contributed by atoms with E-state index in [1.54, 1.807) is 12.4 Å². The molecule has 1 aliphatic rings. The molecule has 0 aliphatic carbocycles. The minimum atomic E-state index is -0.0301. The van der Waals surface area contributed by atoms with Crippen LogP contribution in [0.3, 0.4) is 0 Å². The lowest BCUT2D eigenvalue weighted by molar-refractivity contribution is 0.116. The molecular formula is C12H19N3O3. The van der Waals surface area contributed by atoms with Gasteiger partial charge >= 0.3 is 0 Å². The highest BCUT2D eigenvalue weighted by atomic mass is 16.5. The number of ether oxygens (including phenoxy) is 2. The van der Waals surface area contributed by atoms with Gasteiger partial charge in [0.05, 0.1) is 25.1 Å². The number of hydrogen-bond donors (Lipinski definition) is 1. The zero-order valence-corrected chi connectivity index (χ0v) is 10.6. The summed E-state index contributed by atoms with van der Waals surface area (Å²) in [6, 6.07) is 0. The zero-order valence-electron chi connectivity index (χ0n) is 10.6. The van der Waals surface area contributed by atoms with Crippen LogP contribution < -0.4 is 9.64 Å². The molecule has 1 saturated heterocycles. The van der Waals surface area contributed by atoms with Crippen molar-refractivity contribution >= 4 is 5.82 Å². The van der Waals surface area contributed by atoms with E-state index >= 15 is 0 Å². The second-order valence-electron chi connectivity index (χ2n) is 4.30. The van der Waals surface area contributed by atoms with Gasteiger partial charge in [-0.25, -0.2) is 0 Å². The smallest absolute Gasteiger partial charge is 0.234 e. The number of nitrogens with zero attached hydrogens (tertiary/aromatic N) is 3. The number of aromatic nitrogens is 2. The molecule has 1 aliphatic heterocycles. The Kier molecular flexibility index (Phi) is 4.72. The topological polar surface area (TPSA) is 67.7 Å². The second-order valence-corrected chi connectivity index (χ2v) is 4.30. The summed E-state index contributed by atoms with van der Waals surface area (Å²) in [5.74, 6) is 1.18. The Morgan fingerprint density at radius 3 is 3.17 bits per heavy atom. The molecule has 1 aromatic heterocycles. The maximum Gasteiger partial charge on any atom is 0.234 e. The first-order chi connectivity index (χ1) is 8.79. The first-order valence-corrected chi connectivity index (χ1v) is 6.18. The van der Waals surface area contributed by atoms with Gasteiger partial charge in [0.2, 0.25) is 5.88 Å². The highest BCUT2D eigenvalue weighted by Crippen LogP contribution is 2.17. The molecule has 1 N–H and O–H groups in total. The van der Waals surface area contributed by atoms with Crippen LogP contribution in [-0.4, -0.2) is 54.6 Å². The van der Waals surface area contributed by atoms with E-state index in [9.17, 15) is 0 Å². The minimum absolute atomic E-state index is 0.0301. The van der Waals surface area contributed by atoms with E-state index in [2.05, 4.69) is 9.97 Å². The van der Waals surface area contributed by atoms with Crippen molar-refractivity contribution in [3.8, 4) is 5.88 Å². The molecule has 0 unspecified atom stereocenters. The Balaban J connectivity index is 1.93. The number of rotatable bonds is 6. The van der Waals surface area contributed by atoms with Crippen LogP contribution in [0.2, 0.25) is 0 Å². The van der Waals surface area contributed by atoms with Crippen molar-refractivity contribution in [2.75, 3.05) is 38.3 Å². The normalized spacial score (nSPS) is 18.9. The van der Waals surface area contributed by atoms with Crippen LogP contribution in [-0.2, 0) is 4.74 Å². The van der Waals surface area contributed by atoms with Crippen molar-refractivity contribution in [3.05, 3.63) is 12.4 Å². The van der Waals surface area contributed by atoms with Gasteiger partial charge in [0.15, 0.2) is 5.82 Å². The van der Waals surface area contributed by atoms with E-state index in [-0.39, 0.29) is 19.3 Å². The zero-order chi connectivity index (χ0) is 12.8. The molecule has 0 amide bonds. The second kappa shape index (κ2) is 6.51. The van der Waals surface area contributed by atoms with Gasteiger partial charge in [-0.1, -0.05) is 0 Å². The molecular weight excluding hydrogens is 234 g/mol. The summed E-state index contributed by atoms with van der Waals surface area (Å²) < 4.78 is 10.8. The Hall–Kier alpha value is -1.40. The fraction of sp³-hybridized carbons (Fsp3) is 0.667. The number of aliphatic hydroxyl groups is 1. The van der Waals surface area contributed by atoms with Crippen LogP contribution in [0, 0.1) is 0 Å². The van der Waals surface area contributed by atoms with Gasteiger partial charge in [0.1, 0.15) is 6.61 Å². The number of anilines is 1. The molecule has 0 aromatic carbocycles. The highest BCUT2D eigenvalue weighted by molar-refractivity contribution is 5.36. The fourth-order valence-corrected chi connectivity index (χ4v) is 1.93. The molecule has 0 bridgehead atoms. The van der Waals surface area contributed by atoms with Crippen LogP contribution in [0.4, 0.5) is 5.82 Å². The molecule has 0 saturated carbocycles. The average Bonchev–Trinajstić information content (AvgIpc) is 2.89. The van der Waals surface area contributed by atoms with E-state index in [0.29, 0.717) is 5.88 Å². The van der Waals surface area contributed by atoms with Crippen LogP contribution in [0.5, 0.6) is 5.88 Å². The largest absolute Gasteiger partial charge is 0.474 e. The predicted molar refractivity (Wildman–Crippen MR) is 66.9 cm³/mol. The van der Waals surface area contributed by atoms with E-state index in [1.165, 1.54) is 0 Å². The summed E-state index contributed by atoms with van der Waals surface area (Å²) >= 11 is 0. The third-order valence-electron chi connectivity index (χ3n) is 2.83. The van der Waals surface area contributed by atoms with E-state index in [1.807, 2.05) is 11.9 Å². The van der Waals surface area contributed by atoms with E-state index in [4.69, 9.17) is 14.6 Å². The Morgan fingerprint density at radius 1 is 1.56 bits per heavy atom. The molecule has 1 aromatic rings. The average molecular weight is 253 g/mol. The predicted octanol–water partition coefficient (Wildman–Crippen LogP) is 0.463. The van der Waals surface area contributed by atoms with Crippen LogP contribution >= 0.6 is 0 Å². The molecule has 1 fully saturated rings. The third-order valence-corrected chi connectivity index (χ3v) is 2.83. The van der Waals surface area contributed by atoms with Crippen molar-refractivity contribution in [2.45, 2.75) is 18.9 Å². The van der Waals surface area contributed by atoms with Crippen LogP contribution in [0.1, 0.15) is 12.8 Å². The van der Waals surface area contributed by atoms with Crippen LogP contribution in [0.25, 0.3) is 0 Å². The van der Waals surface area contributed by atoms with Gasteiger partial charge in [-0.05, 0) is 12.8 Å². The van der Waals surface area contributed by atoms with Gasteiger partial charge in [-0.2, -0.15) is 4.98 Å². The number of aliphatic hydroxyl groups excluding tert-OH is 1. The van der Waals surface area contributed by atoms with Crippen molar-refractivity contribution in [3.63, 3.8) is 0 Å². The molecule has 2 heterocycles. The summed E-state index contributed by atoms with van der Waals surface area (Å²) in [6.45, 7) is 1.85. The third kappa shape index (κ3) is 3.54. The maximum atomic E-state index is 8.70. The Bertz CT molecular complexity index is 369. The lowest BCUT2D eigenvalue weighted by Crippen LogP contribution is -2.29. The first kappa shape index (κ1) is 13.0. The summed E-state index contributed by atoms with van der Waals surface area (Å²) in [5, 5.41) is 8.70. The molecule has 100 valence electrons. The van der Waals surface area contributed by atoms with Crippen LogP contribution in [0.15, 0.2) is 12.4 Å². The van der Waals surface area contributed by atoms with Crippen molar-refractivity contribution in [1.29, 1.82) is 0 Å². The van der Waals surface area contributed by atoms with Gasteiger partial charge in [0, 0.05) is 20.2 Å². The summed E-state index contributed by atoms with van der Waals surface area (Å²) in [7, 11) is 1.96. The summed E-state index contributed by atoms with van der Waals surface area (Å²) in [5.41, 5.74) is 0. The summed E-state index contributed by atoms with van der Waals surface area (Å²) in [6.07, 6.45) is 5.74. The molecule has 1 atom stereocenters. The molecule has 18 heavy (non-hydrogen) atoms. The molecule has 0 spiro atoms. The molecule has 2 rings (SSSR count). The Labute approximate surface area is 107 Å². The minimum Gasteiger partial charge on any atom is -0.474 e. The quantitative estimate of drug-likeness (QED) is 0.794.